The molecule has 2 amide bonds. The van der Waals surface area contributed by atoms with Crippen LogP contribution in [0.3, 0.4) is 0 Å². The number of hydrogen-bond donors (Lipinski definition) is 2. The second kappa shape index (κ2) is 8.72. The minimum absolute atomic E-state index is 0.143. The Bertz CT molecular complexity index is 415. The molecule has 1 heterocycles. The topological polar surface area (TPSA) is 73.9 Å². The number of nitrogens with zero attached hydrogens (tertiary/aromatic N) is 3. The normalized spacial score (nSPS) is 10.8. The van der Waals surface area contributed by atoms with Gasteiger partial charge in [0.25, 0.3) is 6.43 Å². The summed E-state index contributed by atoms with van der Waals surface area (Å²) in [6.45, 7) is 1.71. The van der Waals surface area contributed by atoms with Gasteiger partial charge in [0.15, 0.2) is 5.82 Å². The number of amides is 2. The van der Waals surface area contributed by atoms with E-state index in [0.717, 1.165) is 4.90 Å². The van der Waals surface area contributed by atoms with Crippen molar-refractivity contribution in [3.05, 3.63) is 11.6 Å². The molecule has 0 spiro atoms. The SMILES string of the molecule is CCCN(CC(F)F)C(=O)NCc1nc(CSC)n[nH]1. The van der Waals surface area contributed by atoms with Crippen LogP contribution in [0.5, 0.6) is 0 Å². The molecule has 0 fully saturated rings. The molecule has 1 aromatic heterocycles. The number of hydrogen-bond acceptors (Lipinski definition) is 4. The number of thioether (sulfide) groups is 1. The second-order valence-electron chi connectivity index (χ2n) is 4.13. The maximum atomic E-state index is 12.4. The van der Waals surface area contributed by atoms with Crippen LogP contribution in [0, 0.1) is 0 Å². The van der Waals surface area contributed by atoms with Crippen LogP contribution in [0.4, 0.5) is 13.6 Å². The number of carbonyl (C=O) groups excluding carboxylic acids is 1. The summed E-state index contributed by atoms with van der Waals surface area (Å²) < 4.78 is 24.7. The molecule has 0 saturated carbocycles. The van der Waals surface area contributed by atoms with E-state index < -0.39 is 19.0 Å². The first-order valence-electron chi connectivity index (χ1n) is 6.26. The van der Waals surface area contributed by atoms with Crippen molar-refractivity contribution in [2.24, 2.45) is 0 Å². The van der Waals surface area contributed by atoms with Gasteiger partial charge in [0, 0.05) is 6.54 Å². The average Bonchev–Trinajstić information content (AvgIpc) is 2.83. The molecule has 2 N–H and O–H groups in total. The van der Waals surface area contributed by atoms with Crippen LogP contribution < -0.4 is 5.32 Å². The minimum atomic E-state index is -2.54. The molecule has 0 bridgehead atoms. The number of rotatable bonds is 8. The number of H-pyrrole nitrogens is 1. The first kappa shape index (κ1) is 16.7. The fourth-order valence-corrected chi connectivity index (χ4v) is 1.98. The zero-order valence-corrected chi connectivity index (χ0v) is 12.3. The third kappa shape index (κ3) is 5.72. The van der Waals surface area contributed by atoms with Gasteiger partial charge >= 0.3 is 6.03 Å². The number of halogens is 2. The van der Waals surface area contributed by atoms with E-state index in [1.54, 1.807) is 11.8 Å². The zero-order chi connectivity index (χ0) is 15.0. The van der Waals surface area contributed by atoms with E-state index in [1.165, 1.54) is 0 Å². The molecule has 0 atom stereocenters. The molecule has 1 rings (SSSR count). The predicted molar refractivity (Wildman–Crippen MR) is 73.7 cm³/mol. The van der Waals surface area contributed by atoms with Gasteiger partial charge < -0.3 is 10.2 Å². The number of aromatic amines is 1. The van der Waals surface area contributed by atoms with E-state index in [9.17, 15) is 13.6 Å². The lowest BCUT2D eigenvalue weighted by atomic mass is 10.4. The molecule has 9 heteroatoms. The third-order valence-corrected chi connectivity index (χ3v) is 2.94. The maximum absolute atomic E-state index is 12.4. The molecule has 0 radical (unpaired) electrons. The maximum Gasteiger partial charge on any atom is 0.317 e. The van der Waals surface area contributed by atoms with Gasteiger partial charge in [-0.05, 0) is 12.7 Å². The highest BCUT2D eigenvalue weighted by Crippen LogP contribution is 2.04. The minimum Gasteiger partial charge on any atom is -0.331 e. The first-order valence-corrected chi connectivity index (χ1v) is 7.66. The number of nitrogens with one attached hydrogen (secondary N) is 2. The summed E-state index contributed by atoms with van der Waals surface area (Å²) in [5.41, 5.74) is 0. The van der Waals surface area contributed by atoms with Crippen molar-refractivity contribution in [2.75, 3.05) is 19.3 Å². The molecule has 0 unspecified atom stereocenters. The van der Waals surface area contributed by atoms with Crippen LogP contribution in [-0.2, 0) is 12.3 Å². The van der Waals surface area contributed by atoms with Crippen molar-refractivity contribution < 1.29 is 13.6 Å². The quantitative estimate of drug-likeness (QED) is 0.769. The Balaban J connectivity index is 2.46. The Morgan fingerprint density at radius 3 is 2.90 bits per heavy atom. The summed E-state index contributed by atoms with van der Waals surface area (Å²) in [5, 5.41) is 9.23. The molecule has 0 aromatic carbocycles. The van der Waals surface area contributed by atoms with Crippen LogP contribution in [0.25, 0.3) is 0 Å². The number of urea groups is 1. The highest BCUT2D eigenvalue weighted by atomic mass is 32.2. The lowest BCUT2D eigenvalue weighted by Gasteiger charge is -2.21. The molecule has 1 aromatic rings. The molecule has 0 saturated heterocycles. The highest BCUT2D eigenvalue weighted by molar-refractivity contribution is 7.97. The molecule has 20 heavy (non-hydrogen) atoms. The van der Waals surface area contributed by atoms with Crippen LogP contribution >= 0.6 is 11.8 Å². The second-order valence-corrected chi connectivity index (χ2v) is 4.99. The van der Waals surface area contributed by atoms with Crippen molar-refractivity contribution in [3.8, 4) is 0 Å². The van der Waals surface area contributed by atoms with Gasteiger partial charge in [-0.3, -0.25) is 5.10 Å². The molecule has 0 aliphatic carbocycles. The van der Waals surface area contributed by atoms with E-state index >= 15 is 0 Å². The zero-order valence-electron chi connectivity index (χ0n) is 11.5. The van der Waals surface area contributed by atoms with E-state index in [0.29, 0.717) is 30.4 Å². The van der Waals surface area contributed by atoms with Crippen molar-refractivity contribution in [3.63, 3.8) is 0 Å². The smallest absolute Gasteiger partial charge is 0.317 e. The molecular formula is C11H19F2N5OS. The van der Waals surface area contributed by atoms with Crippen molar-refractivity contribution >= 4 is 17.8 Å². The molecule has 0 aliphatic heterocycles. The predicted octanol–water partition coefficient (Wildman–Crippen LogP) is 1.85. The monoisotopic (exact) mass is 307 g/mol. The summed E-state index contributed by atoms with van der Waals surface area (Å²) in [6, 6.07) is -0.519. The van der Waals surface area contributed by atoms with Gasteiger partial charge in [0.05, 0.1) is 18.8 Å². The standard InChI is InChI=1S/C11H19F2N5OS/c1-3-4-18(6-8(12)13)11(19)14-5-9-15-10(7-20-2)17-16-9/h8H,3-7H2,1-2H3,(H,14,19)(H,15,16,17). The fraction of sp³-hybridized carbons (Fsp3) is 0.727. The van der Waals surface area contributed by atoms with Crippen molar-refractivity contribution in [1.29, 1.82) is 0 Å². The van der Waals surface area contributed by atoms with Gasteiger partial charge in [0.1, 0.15) is 5.82 Å². The Morgan fingerprint density at radius 1 is 1.55 bits per heavy atom. The molecule has 0 aliphatic rings. The number of alkyl halides is 2. The molecule has 114 valence electrons. The van der Waals surface area contributed by atoms with Crippen LogP contribution in [0.15, 0.2) is 0 Å². The van der Waals surface area contributed by atoms with Crippen molar-refractivity contribution in [1.82, 2.24) is 25.4 Å². The van der Waals surface area contributed by atoms with Gasteiger partial charge in [0.2, 0.25) is 0 Å². The highest BCUT2D eigenvalue weighted by Gasteiger charge is 2.17. The van der Waals surface area contributed by atoms with E-state index in [1.807, 2.05) is 13.2 Å². The Kier molecular flexibility index (Phi) is 7.27. The van der Waals surface area contributed by atoms with E-state index in [4.69, 9.17) is 0 Å². The average molecular weight is 307 g/mol. The van der Waals surface area contributed by atoms with E-state index in [2.05, 4.69) is 20.5 Å². The summed E-state index contributed by atoms with van der Waals surface area (Å²) in [5.74, 6) is 1.84. The lowest BCUT2D eigenvalue weighted by Crippen LogP contribution is -2.42. The number of aromatic nitrogens is 3. The largest absolute Gasteiger partial charge is 0.331 e. The Labute approximate surface area is 120 Å². The third-order valence-electron chi connectivity index (χ3n) is 2.40. The molecule has 6 nitrogen and oxygen atoms in total. The van der Waals surface area contributed by atoms with Gasteiger partial charge in [-0.2, -0.15) is 16.9 Å². The summed E-state index contributed by atoms with van der Waals surface area (Å²) in [7, 11) is 0. The number of carbonyl (C=O) groups is 1. The van der Waals surface area contributed by atoms with Gasteiger partial charge in [-0.25, -0.2) is 18.6 Å². The van der Waals surface area contributed by atoms with Crippen LogP contribution in [-0.4, -0.2) is 51.9 Å². The van der Waals surface area contributed by atoms with Gasteiger partial charge in [-0.1, -0.05) is 6.92 Å². The molecular weight excluding hydrogens is 288 g/mol. The fourth-order valence-electron chi connectivity index (χ4n) is 1.59. The van der Waals surface area contributed by atoms with Gasteiger partial charge in [-0.15, -0.1) is 0 Å². The first-order chi connectivity index (χ1) is 9.56. The van der Waals surface area contributed by atoms with Crippen LogP contribution in [0.1, 0.15) is 25.0 Å². The van der Waals surface area contributed by atoms with Crippen molar-refractivity contribution in [2.45, 2.75) is 32.1 Å². The summed E-state index contributed by atoms with van der Waals surface area (Å²) in [4.78, 5) is 17.1. The van der Waals surface area contributed by atoms with Crippen LogP contribution in [0.2, 0.25) is 0 Å². The Morgan fingerprint density at radius 2 is 2.30 bits per heavy atom. The summed E-state index contributed by atoms with van der Waals surface area (Å²) >= 11 is 1.59. The Hall–Kier alpha value is -1.38. The lowest BCUT2D eigenvalue weighted by molar-refractivity contribution is 0.0982. The summed E-state index contributed by atoms with van der Waals surface area (Å²) in [6.07, 6.45) is 0.0243. The van der Waals surface area contributed by atoms with E-state index in [-0.39, 0.29) is 6.54 Å².